The van der Waals surface area contributed by atoms with Gasteiger partial charge in [-0.3, -0.25) is 9.59 Å². The summed E-state index contributed by atoms with van der Waals surface area (Å²) in [6.45, 7) is 8.49. The fourth-order valence-corrected chi connectivity index (χ4v) is 3.05. The fraction of sp³-hybridized carbons (Fsp3) is 0.400. The number of aliphatic carboxylic acids is 1. The second-order valence-electron chi connectivity index (χ2n) is 6.57. The van der Waals surface area contributed by atoms with Gasteiger partial charge in [0.05, 0.1) is 12.2 Å². The molecule has 0 bridgehead atoms. The van der Waals surface area contributed by atoms with Crippen molar-refractivity contribution >= 4 is 17.6 Å². The average molecular weight is 358 g/mol. The normalized spacial score (nSPS) is 10.8. The number of nitrogens with zero attached hydrogens (tertiary/aromatic N) is 1. The van der Waals surface area contributed by atoms with Gasteiger partial charge in [0.1, 0.15) is 5.75 Å². The van der Waals surface area contributed by atoms with E-state index in [0.29, 0.717) is 36.1 Å². The highest BCUT2D eigenvalue weighted by atomic mass is 16.5. The summed E-state index contributed by atoms with van der Waals surface area (Å²) in [6, 6.07) is 9.26. The number of amides is 1. The molecule has 1 heterocycles. The summed E-state index contributed by atoms with van der Waals surface area (Å²) in [5, 5.41) is 11.5. The van der Waals surface area contributed by atoms with E-state index in [1.165, 1.54) is 0 Å². The summed E-state index contributed by atoms with van der Waals surface area (Å²) in [5.41, 5.74) is 3.37. The van der Waals surface area contributed by atoms with Gasteiger partial charge in [-0.05, 0) is 64.4 Å². The predicted molar refractivity (Wildman–Crippen MR) is 101 cm³/mol. The summed E-state index contributed by atoms with van der Waals surface area (Å²) in [5.74, 6) is -0.324. The molecule has 140 valence electrons. The highest BCUT2D eigenvalue weighted by Crippen LogP contribution is 2.22. The summed E-state index contributed by atoms with van der Waals surface area (Å²) in [7, 11) is 0. The van der Waals surface area contributed by atoms with Crippen molar-refractivity contribution in [2.75, 3.05) is 11.9 Å². The Morgan fingerprint density at radius 3 is 2.38 bits per heavy atom. The minimum Gasteiger partial charge on any atom is -0.494 e. The Kier molecular flexibility index (Phi) is 6.44. The maximum atomic E-state index is 12.6. The van der Waals surface area contributed by atoms with Crippen molar-refractivity contribution in [3.8, 4) is 5.75 Å². The lowest BCUT2D eigenvalue weighted by Gasteiger charge is -2.13. The molecule has 0 radical (unpaired) electrons. The van der Waals surface area contributed by atoms with Crippen LogP contribution < -0.4 is 10.1 Å². The molecule has 0 saturated heterocycles. The first-order valence-corrected chi connectivity index (χ1v) is 8.74. The van der Waals surface area contributed by atoms with Gasteiger partial charge in [0.25, 0.3) is 5.91 Å². The lowest BCUT2D eigenvalue weighted by Crippen LogP contribution is -2.13. The van der Waals surface area contributed by atoms with Crippen LogP contribution in [0.25, 0.3) is 0 Å². The molecule has 6 heteroatoms. The first-order chi connectivity index (χ1) is 12.3. The van der Waals surface area contributed by atoms with E-state index in [1.807, 2.05) is 19.9 Å². The van der Waals surface area contributed by atoms with Gasteiger partial charge in [0, 0.05) is 29.5 Å². The van der Waals surface area contributed by atoms with Crippen LogP contribution in [-0.2, 0) is 4.79 Å². The monoisotopic (exact) mass is 358 g/mol. The van der Waals surface area contributed by atoms with Crippen LogP contribution in [0.3, 0.4) is 0 Å². The average Bonchev–Trinajstić information content (AvgIpc) is 2.87. The number of anilines is 1. The molecular formula is C20H26N2O4. The topological polar surface area (TPSA) is 80.6 Å². The second kappa shape index (κ2) is 8.56. The van der Waals surface area contributed by atoms with Gasteiger partial charge >= 0.3 is 5.97 Å². The van der Waals surface area contributed by atoms with Gasteiger partial charge in [-0.25, -0.2) is 0 Å². The van der Waals surface area contributed by atoms with E-state index in [9.17, 15) is 9.59 Å². The molecule has 1 amide bonds. The number of carbonyl (C=O) groups excluding carboxylic acids is 1. The quantitative estimate of drug-likeness (QED) is 0.694. The number of aromatic nitrogens is 1. The minimum atomic E-state index is -0.830. The third-order valence-electron chi connectivity index (χ3n) is 4.16. The number of carboxylic acid groups (broad SMARTS) is 1. The zero-order chi connectivity index (χ0) is 19.3. The Bertz CT molecular complexity index is 776. The number of carbonyl (C=O) groups is 2. The smallest absolute Gasteiger partial charge is 0.303 e. The largest absolute Gasteiger partial charge is 0.494 e. The molecule has 2 rings (SSSR count). The second-order valence-corrected chi connectivity index (χ2v) is 6.57. The van der Waals surface area contributed by atoms with Crippen LogP contribution in [0.5, 0.6) is 5.75 Å². The number of carboxylic acids is 1. The summed E-state index contributed by atoms with van der Waals surface area (Å²) < 4.78 is 7.63. The van der Waals surface area contributed by atoms with Crippen molar-refractivity contribution in [1.82, 2.24) is 4.57 Å². The fourth-order valence-electron chi connectivity index (χ4n) is 3.05. The molecule has 0 aliphatic carbocycles. The lowest BCUT2D eigenvalue weighted by molar-refractivity contribution is -0.137. The van der Waals surface area contributed by atoms with Crippen molar-refractivity contribution in [2.24, 2.45) is 0 Å². The molecular weight excluding hydrogens is 332 g/mol. The van der Waals surface area contributed by atoms with Crippen molar-refractivity contribution in [2.45, 2.75) is 46.6 Å². The Labute approximate surface area is 153 Å². The van der Waals surface area contributed by atoms with E-state index in [4.69, 9.17) is 9.84 Å². The molecule has 0 unspecified atom stereocenters. The van der Waals surface area contributed by atoms with E-state index < -0.39 is 5.97 Å². The van der Waals surface area contributed by atoms with Gasteiger partial charge in [0.2, 0.25) is 0 Å². The van der Waals surface area contributed by atoms with Crippen LogP contribution in [0.2, 0.25) is 0 Å². The Morgan fingerprint density at radius 2 is 1.85 bits per heavy atom. The molecule has 6 nitrogen and oxygen atoms in total. The van der Waals surface area contributed by atoms with E-state index in [0.717, 1.165) is 11.4 Å². The molecule has 0 aliphatic heterocycles. The first-order valence-electron chi connectivity index (χ1n) is 8.74. The molecule has 1 aromatic heterocycles. The number of rotatable bonds is 8. The van der Waals surface area contributed by atoms with Gasteiger partial charge in [-0.1, -0.05) is 0 Å². The van der Waals surface area contributed by atoms with E-state index >= 15 is 0 Å². The first kappa shape index (κ1) is 19.6. The van der Waals surface area contributed by atoms with Crippen LogP contribution in [0.1, 0.15) is 54.5 Å². The van der Waals surface area contributed by atoms with Gasteiger partial charge < -0.3 is 19.7 Å². The molecule has 2 aromatic rings. The summed E-state index contributed by atoms with van der Waals surface area (Å²) in [6.07, 6.45) is 0.544. The van der Waals surface area contributed by atoms with Crippen LogP contribution in [0, 0.1) is 13.8 Å². The number of benzene rings is 1. The molecule has 0 fully saturated rings. The number of aryl methyl sites for hydroxylation is 1. The maximum absolute atomic E-state index is 12.6. The number of nitrogens with one attached hydrogen (secondary N) is 1. The minimum absolute atomic E-state index is 0.0862. The third kappa shape index (κ3) is 4.88. The standard InChI is InChI=1S/C20H26N2O4/c1-13(2)22-14(3)12-18(15(22)4)20(25)21-16-7-9-17(10-8-16)26-11-5-6-19(23)24/h7-10,12-13H,5-6,11H2,1-4H3,(H,21,25)(H,23,24). The van der Waals surface area contributed by atoms with Crippen LogP contribution in [0.15, 0.2) is 30.3 Å². The van der Waals surface area contributed by atoms with Crippen molar-refractivity contribution in [1.29, 1.82) is 0 Å². The van der Waals surface area contributed by atoms with Crippen LogP contribution >= 0.6 is 0 Å². The molecule has 1 aromatic carbocycles. The summed E-state index contributed by atoms with van der Waals surface area (Å²) in [4.78, 5) is 23.0. The summed E-state index contributed by atoms with van der Waals surface area (Å²) >= 11 is 0. The molecule has 0 aliphatic rings. The van der Waals surface area contributed by atoms with Gasteiger partial charge in [0.15, 0.2) is 0 Å². The van der Waals surface area contributed by atoms with Crippen molar-refractivity contribution < 1.29 is 19.4 Å². The molecule has 2 N–H and O–H groups in total. The third-order valence-corrected chi connectivity index (χ3v) is 4.16. The van der Waals surface area contributed by atoms with E-state index in [2.05, 4.69) is 23.7 Å². The molecule has 0 spiro atoms. The highest BCUT2D eigenvalue weighted by Gasteiger charge is 2.17. The zero-order valence-electron chi connectivity index (χ0n) is 15.7. The van der Waals surface area contributed by atoms with E-state index in [1.54, 1.807) is 24.3 Å². The highest BCUT2D eigenvalue weighted by molar-refractivity contribution is 6.05. The van der Waals surface area contributed by atoms with Crippen LogP contribution in [0.4, 0.5) is 5.69 Å². The Hall–Kier alpha value is -2.76. The number of hydrogen-bond acceptors (Lipinski definition) is 3. The molecule has 0 atom stereocenters. The Balaban J connectivity index is 1.97. The lowest BCUT2D eigenvalue weighted by atomic mass is 10.2. The predicted octanol–water partition coefficient (Wildman–Crippen LogP) is 4.18. The van der Waals surface area contributed by atoms with Crippen molar-refractivity contribution in [3.63, 3.8) is 0 Å². The van der Waals surface area contributed by atoms with Crippen LogP contribution in [-0.4, -0.2) is 28.2 Å². The van der Waals surface area contributed by atoms with E-state index in [-0.39, 0.29) is 12.3 Å². The molecule has 0 saturated carbocycles. The SMILES string of the molecule is Cc1cc(C(=O)Nc2ccc(OCCCC(=O)O)cc2)c(C)n1C(C)C. The molecule has 26 heavy (non-hydrogen) atoms. The van der Waals surface area contributed by atoms with Crippen molar-refractivity contribution in [3.05, 3.63) is 47.3 Å². The Morgan fingerprint density at radius 1 is 1.19 bits per heavy atom. The number of hydrogen-bond donors (Lipinski definition) is 2. The van der Waals surface area contributed by atoms with Gasteiger partial charge in [-0.15, -0.1) is 0 Å². The number of ether oxygens (including phenoxy) is 1. The zero-order valence-corrected chi connectivity index (χ0v) is 15.7. The maximum Gasteiger partial charge on any atom is 0.303 e. The van der Waals surface area contributed by atoms with Gasteiger partial charge in [-0.2, -0.15) is 0 Å².